The van der Waals surface area contributed by atoms with Crippen LogP contribution in [0.1, 0.15) is 36.0 Å². The third kappa shape index (κ3) is 3.83. The van der Waals surface area contributed by atoms with E-state index in [1.54, 1.807) is 0 Å². The number of benzene rings is 3. The molecule has 2 nitrogen and oxygen atoms in total. The molecule has 1 fully saturated rings. The SMILES string of the molecule is c1ccc(C(N[C@@H]2CCCCNC2)(c2ccccc2)c2ccccc2)cc1. The Morgan fingerprint density at radius 1 is 0.667 bits per heavy atom. The summed E-state index contributed by atoms with van der Waals surface area (Å²) in [5.74, 6) is 0. The molecule has 1 aliphatic rings. The van der Waals surface area contributed by atoms with Gasteiger partial charge in [0.05, 0.1) is 5.54 Å². The highest BCUT2D eigenvalue weighted by molar-refractivity contribution is 5.49. The number of hydrogen-bond donors (Lipinski definition) is 2. The highest BCUT2D eigenvalue weighted by Gasteiger charge is 2.37. The van der Waals surface area contributed by atoms with Gasteiger partial charge >= 0.3 is 0 Å². The molecule has 3 aromatic carbocycles. The van der Waals surface area contributed by atoms with Crippen molar-refractivity contribution < 1.29 is 0 Å². The van der Waals surface area contributed by atoms with Crippen LogP contribution in [0.3, 0.4) is 0 Å². The van der Waals surface area contributed by atoms with Gasteiger partial charge in [-0.05, 0) is 36.1 Å². The topological polar surface area (TPSA) is 24.1 Å². The second-order valence-corrected chi connectivity index (χ2v) is 7.39. The lowest BCUT2D eigenvalue weighted by atomic mass is 9.76. The monoisotopic (exact) mass is 356 g/mol. The van der Waals surface area contributed by atoms with Gasteiger partial charge in [0.25, 0.3) is 0 Å². The molecule has 1 atom stereocenters. The van der Waals surface area contributed by atoms with E-state index in [1.165, 1.54) is 36.0 Å². The van der Waals surface area contributed by atoms with E-state index in [1.807, 2.05) is 0 Å². The summed E-state index contributed by atoms with van der Waals surface area (Å²) in [5.41, 5.74) is 3.49. The van der Waals surface area contributed by atoms with Crippen molar-refractivity contribution in [1.82, 2.24) is 10.6 Å². The van der Waals surface area contributed by atoms with Crippen LogP contribution in [-0.2, 0) is 5.54 Å². The van der Waals surface area contributed by atoms with Crippen LogP contribution in [-0.4, -0.2) is 19.1 Å². The van der Waals surface area contributed by atoms with E-state index < -0.39 is 0 Å². The molecule has 0 radical (unpaired) electrons. The highest BCUT2D eigenvalue weighted by atomic mass is 15.1. The van der Waals surface area contributed by atoms with Gasteiger partial charge < -0.3 is 5.32 Å². The maximum absolute atomic E-state index is 4.10. The molecule has 138 valence electrons. The summed E-state index contributed by atoms with van der Waals surface area (Å²) < 4.78 is 0. The van der Waals surface area contributed by atoms with Gasteiger partial charge in [-0.15, -0.1) is 0 Å². The van der Waals surface area contributed by atoms with Gasteiger partial charge in [-0.3, -0.25) is 5.32 Å². The smallest absolute Gasteiger partial charge is 0.0950 e. The van der Waals surface area contributed by atoms with Crippen LogP contribution in [0.15, 0.2) is 91.0 Å². The molecule has 4 rings (SSSR count). The van der Waals surface area contributed by atoms with E-state index in [2.05, 4.69) is 102 Å². The van der Waals surface area contributed by atoms with E-state index in [0.717, 1.165) is 13.1 Å². The van der Waals surface area contributed by atoms with Crippen LogP contribution in [0.4, 0.5) is 0 Å². The van der Waals surface area contributed by atoms with E-state index >= 15 is 0 Å². The third-order valence-electron chi connectivity index (χ3n) is 5.59. The van der Waals surface area contributed by atoms with Gasteiger partial charge in [-0.1, -0.05) is 97.4 Å². The first kappa shape index (κ1) is 18.0. The summed E-state index contributed by atoms with van der Waals surface area (Å²) in [7, 11) is 0. The molecule has 2 N–H and O–H groups in total. The fraction of sp³-hybridized carbons (Fsp3) is 0.280. The van der Waals surface area contributed by atoms with Crippen LogP contribution in [0, 0.1) is 0 Å². The van der Waals surface area contributed by atoms with Gasteiger partial charge in [0.15, 0.2) is 0 Å². The first-order valence-electron chi connectivity index (χ1n) is 10.0. The Hall–Kier alpha value is -2.42. The predicted octanol–water partition coefficient (Wildman–Crippen LogP) is 4.71. The molecule has 1 saturated heterocycles. The van der Waals surface area contributed by atoms with Crippen molar-refractivity contribution in [3.8, 4) is 0 Å². The minimum Gasteiger partial charge on any atom is -0.315 e. The Morgan fingerprint density at radius 2 is 1.15 bits per heavy atom. The second-order valence-electron chi connectivity index (χ2n) is 7.39. The van der Waals surface area contributed by atoms with Crippen molar-refractivity contribution in [2.45, 2.75) is 30.8 Å². The molecule has 0 unspecified atom stereocenters. The van der Waals surface area contributed by atoms with Crippen LogP contribution < -0.4 is 10.6 Å². The molecule has 0 spiro atoms. The van der Waals surface area contributed by atoms with E-state index in [0.29, 0.717) is 6.04 Å². The first-order valence-corrected chi connectivity index (χ1v) is 10.0. The van der Waals surface area contributed by atoms with Crippen LogP contribution in [0.2, 0.25) is 0 Å². The fourth-order valence-electron chi connectivity index (χ4n) is 4.26. The Balaban J connectivity index is 1.88. The Bertz CT molecular complexity index is 710. The molecule has 2 heteroatoms. The third-order valence-corrected chi connectivity index (χ3v) is 5.59. The Morgan fingerprint density at radius 3 is 1.63 bits per heavy atom. The van der Waals surface area contributed by atoms with E-state index in [4.69, 9.17) is 0 Å². The standard InChI is InChI=1S/C25H28N2/c1-4-12-21(13-5-1)25(22-14-6-2-7-15-22,23-16-8-3-9-17-23)27-24-18-10-11-19-26-20-24/h1-9,12-17,24,26-27H,10-11,18-20H2/t24-/m1/s1. The van der Waals surface area contributed by atoms with Gasteiger partial charge in [-0.2, -0.15) is 0 Å². The molecular formula is C25H28N2. The molecular weight excluding hydrogens is 328 g/mol. The normalized spacial score (nSPS) is 18.0. The lowest BCUT2D eigenvalue weighted by molar-refractivity contribution is 0.371. The van der Waals surface area contributed by atoms with Gasteiger partial charge in [0.2, 0.25) is 0 Å². The van der Waals surface area contributed by atoms with Crippen LogP contribution >= 0.6 is 0 Å². The minimum atomic E-state index is -0.361. The molecule has 1 aliphatic heterocycles. The van der Waals surface area contributed by atoms with Gasteiger partial charge in [-0.25, -0.2) is 0 Å². The number of nitrogens with one attached hydrogen (secondary N) is 2. The molecule has 0 bridgehead atoms. The molecule has 0 saturated carbocycles. The molecule has 0 aliphatic carbocycles. The van der Waals surface area contributed by atoms with Crippen LogP contribution in [0.5, 0.6) is 0 Å². The van der Waals surface area contributed by atoms with Crippen LogP contribution in [0.25, 0.3) is 0 Å². The molecule has 0 amide bonds. The quantitative estimate of drug-likeness (QED) is 0.647. The molecule has 0 aromatic heterocycles. The Labute approximate surface area is 162 Å². The zero-order chi connectivity index (χ0) is 18.4. The summed E-state index contributed by atoms with van der Waals surface area (Å²) in [6.07, 6.45) is 3.72. The van der Waals surface area contributed by atoms with Crippen molar-refractivity contribution >= 4 is 0 Å². The van der Waals surface area contributed by atoms with Crippen molar-refractivity contribution in [3.05, 3.63) is 108 Å². The molecule has 27 heavy (non-hydrogen) atoms. The number of hydrogen-bond acceptors (Lipinski definition) is 2. The highest BCUT2D eigenvalue weighted by Crippen LogP contribution is 2.37. The lowest BCUT2D eigenvalue weighted by Crippen LogP contribution is -2.52. The zero-order valence-corrected chi connectivity index (χ0v) is 15.8. The lowest BCUT2D eigenvalue weighted by Gasteiger charge is -2.40. The van der Waals surface area contributed by atoms with Crippen molar-refractivity contribution in [2.75, 3.05) is 13.1 Å². The number of rotatable bonds is 5. The van der Waals surface area contributed by atoms with E-state index in [9.17, 15) is 0 Å². The first-order chi connectivity index (χ1) is 13.4. The van der Waals surface area contributed by atoms with Crippen molar-refractivity contribution in [2.24, 2.45) is 0 Å². The summed E-state index contributed by atoms with van der Waals surface area (Å²) in [6.45, 7) is 2.13. The van der Waals surface area contributed by atoms with Crippen molar-refractivity contribution in [1.29, 1.82) is 0 Å². The van der Waals surface area contributed by atoms with Crippen molar-refractivity contribution in [3.63, 3.8) is 0 Å². The predicted molar refractivity (Wildman–Crippen MR) is 113 cm³/mol. The zero-order valence-electron chi connectivity index (χ0n) is 15.8. The Kier molecular flexibility index (Phi) is 5.66. The maximum atomic E-state index is 4.10. The summed E-state index contributed by atoms with van der Waals surface area (Å²) >= 11 is 0. The second kappa shape index (κ2) is 8.51. The maximum Gasteiger partial charge on any atom is 0.0950 e. The molecule has 3 aromatic rings. The average Bonchev–Trinajstić information content (AvgIpc) is 3.02. The van der Waals surface area contributed by atoms with E-state index in [-0.39, 0.29) is 5.54 Å². The van der Waals surface area contributed by atoms with Gasteiger partial charge in [0, 0.05) is 12.6 Å². The minimum absolute atomic E-state index is 0.361. The largest absolute Gasteiger partial charge is 0.315 e. The molecule has 1 heterocycles. The van der Waals surface area contributed by atoms with Gasteiger partial charge in [0.1, 0.15) is 0 Å². The summed E-state index contributed by atoms with van der Waals surface area (Å²) in [5, 5.41) is 7.71. The average molecular weight is 357 g/mol. The fourth-order valence-corrected chi connectivity index (χ4v) is 4.26. The summed E-state index contributed by atoms with van der Waals surface area (Å²) in [4.78, 5) is 0. The summed E-state index contributed by atoms with van der Waals surface area (Å²) in [6, 6.07) is 33.0.